The number of nitrogens with zero attached hydrogens (tertiary/aromatic N) is 4. The van der Waals surface area contributed by atoms with E-state index in [0.29, 0.717) is 24.5 Å². The quantitative estimate of drug-likeness (QED) is 0.706. The lowest BCUT2D eigenvalue weighted by molar-refractivity contribution is -0.118. The van der Waals surface area contributed by atoms with Crippen molar-refractivity contribution >= 4 is 11.7 Å². The summed E-state index contributed by atoms with van der Waals surface area (Å²) in [6.45, 7) is 8.67. The van der Waals surface area contributed by atoms with E-state index in [0.717, 1.165) is 29.9 Å². The molecule has 1 N–H and O–H groups in total. The van der Waals surface area contributed by atoms with Gasteiger partial charge in [-0.1, -0.05) is 30.3 Å². The molecule has 0 saturated heterocycles. The molecule has 3 aromatic rings. The molecule has 4 rings (SSSR count). The highest BCUT2D eigenvalue weighted by atomic mass is 16.2. The number of hydrogen-bond acceptors (Lipinski definition) is 3. The summed E-state index contributed by atoms with van der Waals surface area (Å²) in [7, 11) is 0. The molecule has 30 heavy (non-hydrogen) atoms. The fourth-order valence-corrected chi connectivity index (χ4v) is 4.29. The van der Waals surface area contributed by atoms with Gasteiger partial charge in [-0.15, -0.1) is 0 Å². The van der Waals surface area contributed by atoms with Gasteiger partial charge >= 0.3 is 0 Å². The number of rotatable bonds is 5. The maximum Gasteiger partial charge on any atom is 0.239 e. The lowest BCUT2D eigenvalue weighted by Crippen LogP contribution is -2.41. The minimum atomic E-state index is -0.0924. The van der Waals surface area contributed by atoms with E-state index in [1.807, 2.05) is 36.6 Å². The first-order chi connectivity index (χ1) is 14.5. The molecule has 0 radical (unpaired) electrons. The Bertz CT molecular complexity index is 1100. The number of amides is 1. The fourth-order valence-electron chi connectivity index (χ4n) is 4.29. The fraction of sp³-hybridized carbons (Fsp3) is 0.333. The second kappa shape index (κ2) is 8.21. The Kier molecular flexibility index (Phi) is 5.47. The highest BCUT2D eigenvalue weighted by molar-refractivity contribution is 5.93. The van der Waals surface area contributed by atoms with Gasteiger partial charge in [-0.3, -0.25) is 9.69 Å². The third kappa shape index (κ3) is 3.64. The maximum atomic E-state index is 13.0. The van der Waals surface area contributed by atoms with Crippen LogP contribution in [0.1, 0.15) is 41.0 Å². The van der Waals surface area contributed by atoms with Gasteiger partial charge in [0.25, 0.3) is 0 Å². The Morgan fingerprint density at radius 3 is 2.67 bits per heavy atom. The van der Waals surface area contributed by atoms with E-state index in [2.05, 4.69) is 58.2 Å². The zero-order valence-corrected chi connectivity index (χ0v) is 17.7. The first-order valence-electron chi connectivity index (χ1n) is 10.3. The van der Waals surface area contributed by atoms with Crippen LogP contribution >= 0.6 is 0 Å². The Balaban J connectivity index is 1.56. The molecule has 0 aliphatic carbocycles. The van der Waals surface area contributed by atoms with Gasteiger partial charge < -0.3 is 14.5 Å². The molecule has 3 heterocycles. The number of aromatic nitrogens is 2. The molecule has 2 aromatic heterocycles. The summed E-state index contributed by atoms with van der Waals surface area (Å²) >= 11 is 0. The standard InChI is InChI=1S/C24H27N5O/c1-17-18(2)29(15-20-8-5-4-6-9-20)24(21(17)14-25)26-23(30)16-28-13-12-27-11-7-10-22(27)19(28)3/h4-11,19H,12-13,15-16H2,1-3H3,(H,26,30). The normalized spacial score (nSPS) is 16.1. The SMILES string of the molecule is Cc1c(C#N)c(NC(=O)CN2CCn3cccc3C2C)n(Cc2ccccc2)c1C. The molecule has 154 valence electrons. The number of nitriles is 1. The van der Waals surface area contributed by atoms with E-state index < -0.39 is 0 Å². The van der Waals surface area contributed by atoms with Crippen LogP contribution in [0.5, 0.6) is 0 Å². The molecule has 1 unspecified atom stereocenters. The van der Waals surface area contributed by atoms with Crippen molar-refractivity contribution in [2.45, 2.75) is 39.9 Å². The number of fused-ring (bicyclic) bond motifs is 1. The summed E-state index contributed by atoms with van der Waals surface area (Å²) in [6.07, 6.45) is 2.09. The van der Waals surface area contributed by atoms with Gasteiger partial charge in [0.15, 0.2) is 0 Å². The molecule has 0 bridgehead atoms. The van der Waals surface area contributed by atoms with E-state index in [9.17, 15) is 10.1 Å². The van der Waals surface area contributed by atoms with Crippen LogP contribution in [0, 0.1) is 25.2 Å². The van der Waals surface area contributed by atoms with Gasteiger partial charge in [-0.2, -0.15) is 5.26 Å². The Labute approximate surface area is 177 Å². The van der Waals surface area contributed by atoms with Crippen LogP contribution in [0.25, 0.3) is 0 Å². The highest BCUT2D eigenvalue weighted by Crippen LogP contribution is 2.28. The van der Waals surface area contributed by atoms with Crippen molar-refractivity contribution in [1.82, 2.24) is 14.0 Å². The van der Waals surface area contributed by atoms with Crippen molar-refractivity contribution in [3.8, 4) is 6.07 Å². The minimum absolute atomic E-state index is 0.0924. The largest absolute Gasteiger partial charge is 0.349 e. The molecule has 1 aromatic carbocycles. The molecule has 1 atom stereocenters. The number of carbonyl (C=O) groups is 1. The molecule has 6 nitrogen and oxygen atoms in total. The zero-order valence-electron chi connectivity index (χ0n) is 17.7. The van der Waals surface area contributed by atoms with E-state index in [4.69, 9.17) is 0 Å². The molecular formula is C24H27N5O. The molecule has 0 fully saturated rings. The van der Waals surface area contributed by atoms with Crippen LogP contribution < -0.4 is 5.32 Å². The number of nitrogens with one attached hydrogen (secondary N) is 1. The average molecular weight is 402 g/mol. The van der Waals surface area contributed by atoms with Gasteiger partial charge in [0.2, 0.25) is 5.91 Å². The Morgan fingerprint density at radius 2 is 1.93 bits per heavy atom. The molecule has 0 spiro atoms. The van der Waals surface area contributed by atoms with E-state index in [1.165, 1.54) is 5.69 Å². The van der Waals surface area contributed by atoms with E-state index in [1.54, 1.807) is 0 Å². The molecule has 0 saturated carbocycles. The van der Waals surface area contributed by atoms with Crippen LogP contribution in [0.2, 0.25) is 0 Å². The second-order valence-electron chi connectivity index (χ2n) is 7.94. The summed E-state index contributed by atoms with van der Waals surface area (Å²) < 4.78 is 4.27. The second-order valence-corrected chi connectivity index (χ2v) is 7.94. The zero-order chi connectivity index (χ0) is 21.3. The first kappa shape index (κ1) is 20.0. The van der Waals surface area contributed by atoms with Crippen molar-refractivity contribution in [2.24, 2.45) is 0 Å². The maximum absolute atomic E-state index is 13.0. The van der Waals surface area contributed by atoms with Gasteiger partial charge in [0.05, 0.1) is 12.1 Å². The van der Waals surface area contributed by atoms with E-state index in [-0.39, 0.29) is 11.9 Å². The summed E-state index contributed by atoms with van der Waals surface area (Å²) in [4.78, 5) is 15.2. The smallest absolute Gasteiger partial charge is 0.239 e. The summed E-state index contributed by atoms with van der Waals surface area (Å²) in [5, 5.41) is 12.8. The lowest BCUT2D eigenvalue weighted by atomic mass is 10.1. The lowest BCUT2D eigenvalue weighted by Gasteiger charge is -2.34. The minimum Gasteiger partial charge on any atom is -0.349 e. The van der Waals surface area contributed by atoms with Crippen LogP contribution in [-0.2, 0) is 17.9 Å². The summed E-state index contributed by atoms with van der Waals surface area (Å²) in [5.41, 5.74) is 4.80. The van der Waals surface area contributed by atoms with Crippen LogP contribution in [0.4, 0.5) is 5.82 Å². The topological polar surface area (TPSA) is 66.0 Å². The molecule has 6 heteroatoms. The van der Waals surface area contributed by atoms with Crippen molar-refractivity contribution in [1.29, 1.82) is 5.26 Å². The van der Waals surface area contributed by atoms with Gasteiger partial charge in [-0.25, -0.2) is 0 Å². The van der Waals surface area contributed by atoms with Crippen LogP contribution in [-0.4, -0.2) is 33.0 Å². The number of hydrogen-bond donors (Lipinski definition) is 1. The first-order valence-corrected chi connectivity index (χ1v) is 10.3. The van der Waals surface area contributed by atoms with E-state index >= 15 is 0 Å². The summed E-state index contributed by atoms with van der Waals surface area (Å²) in [5.74, 6) is 0.500. The van der Waals surface area contributed by atoms with Crippen molar-refractivity contribution in [3.63, 3.8) is 0 Å². The Morgan fingerprint density at radius 1 is 1.17 bits per heavy atom. The van der Waals surface area contributed by atoms with Crippen LogP contribution in [0.3, 0.4) is 0 Å². The molecular weight excluding hydrogens is 374 g/mol. The van der Waals surface area contributed by atoms with Gasteiger partial charge in [0.1, 0.15) is 11.9 Å². The van der Waals surface area contributed by atoms with Crippen molar-refractivity contribution < 1.29 is 4.79 Å². The number of carbonyl (C=O) groups excluding carboxylic acids is 1. The summed E-state index contributed by atoms with van der Waals surface area (Å²) in [6, 6.07) is 16.7. The molecule has 1 amide bonds. The third-order valence-electron chi connectivity index (χ3n) is 6.20. The third-order valence-corrected chi connectivity index (χ3v) is 6.20. The van der Waals surface area contributed by atoms with Crippen molar-refractivity contribution in [3.05, 3.63) is 76.7 Å². The molecule has 1 aliphatic heterocycles. The van der Waals surface area contributed by atoms with Gasteiger partial charge in [-0.05, 0) is 44.0 Å². The average Bonchev–Trinajstić information content (AvgIpc) is 3.31. The number of anilines is 1. The highest BCUT2D eigenvalue weighted by Gasteiger charge is 2.26. The predicted molar refractivity (Wildman–Crippen MR) is 117 cm³/mol. The van der Waals surface area contributed by atoms with Gasteiger partial charge in [0, 0.05) is 43.3 Å². The predicted octanol–water partition coefficient (Wildman–Crippen LogP) is 3.84. The Hall–Kier alpha value is -3.30. The van der Waals surface area contributed by atoms with Crippen molar-refractivity contribution in [2.75, 3.05) is 18.4 Å². The monoisotopic (exact) mass is 401 g/mol. The van der Waals surface area contributed by atoms with Crippen LogP contribution in [0.15, 0.2) is 48.7 Å². The number of benzene rings is 1. The molecule has 1 aliphatic rings.